The normalized spacial score (nSPS) is 41.2. The van der Waals surface area contributed by atoms with Crippen molar-refractivity contribution in [3.63, 3.8) is 0 Å². The molecule has 2 fully saturated rings. The number of ether oxygens (including phenoxy) is 1. The average Bonchev–Trinajstić information content (AvgIpc) is 2.51. The predicted octanol–water partition coefficient (Wildman–Crippen LogP) is 2.71. The van der Waals surface area contributed by atoms with Crippen LogP contribution in [0, 0.1) is 17.8 Å². The van der Waals surface area contributed by atoms with Crippen molar-refractivity contribution in [2.24, 2.45) is 17.8 Å². The summed E-state index contributed by atoms with van der Waals surface area (Å²) in [5.74, 6) is 2.84. The zero-order chi connectivity index (χ0) is 8.27. The third-order valence-electron chi connectivity index (χ3n) is 2.74. The van der Waals surface area contributed by atoms with Gasteiger partial charge in [-0.2, -0.15) is 0 Å². The van der Waals surface area contributed by atoms with Crippen molar-refractivity contribution >= 4 is 0 Å². The molecular formula is C10H20O. The van der Waals surface area contributed by atoms with Gasteiger partial charge in [-0.1, -0.05) is 20.8 Å². The Hall–Kier alpha value is -0.0400. The minimum Gasteiger partial charge on any atom is -0.381 e. The first-order valence-electron chi connectivity index (χ1n) is 4.94. The molecule has 0 N–H and O–H groups in total. The molecule has 0 spiro atoms. The van der Waals surface area contributed by atoms with Gasteiger partial charge >= 0.3 is 0 Å². The molecule has 0 amide bonds. The molecule has 2 unspecified atom stereocenters. The summed E-state index contributed by atoms with van der Waals surface area (Å²) in [5, 5.41) is 0. The lowest BCUT2D eigenvalue weighted by Gasteiger charge is -2.01. The zero-order valence-electron chi connectivity index (χ0n) is 7.97. The van der Waals surface area contributed by atoms with Gasteiger partial charge < -0.3 is 4.74 Å². The van der Waals surface area contributed by atoms with Crippen molar-refractivity contribution in [1.29, 1.82) is 0 Å². The van der Waals surface area contributed by atoms with Crippen molar-refractivity contribution < 1.29 is 4.74 Å². The fourth-order valence-electron chi connectivity index (χ4n) is 2.29. The van der Waals surface area contributed by atoms with E-state index in [9.17, 15) is 0 Å². The van der Waals surface area contributed by atoms with E-state index >= 15 is 0 Å². The van der Waals surface area contributed by atoms with Crippen LogP contribution in [0.25, 0.3) is 0 Å². The Morgan fingerprint density at radius 2 is 1.45 bits per heavy atom. The van der Waals surface area contributed by atoms with Crippen LogP contribution >= 0.6 is 0 Å². The Bertz CT molecular complexity index is 99.4. The third kappa shape index (κ3) is 1.96. The summed E-state index contributed by atoms with van der Waals surface area (Å²) >= 11 is 0. The van der Waals surface area contributed by atoms with Crippen LogP contribution in [-0.4, -0.2) is 13.2 Å². The van der Waals surface area contributed by atoms with Crippen LogP contribution in [0.4, 0.5) is 0 Å². The van der Waals surface area contributed by atoms with E-state index in [4.69, 9.17) is 4.74 Å². The Kier molecular flexibility index (Phi) is 3.38. The third-order valence-corrected chi connectivity index (χ3v) is 2.74. The molecule has 2 rings (SSSR count). The minimum atomic E-state index is 0.931. The van der Waals surface area contributed by atoms with Gasteiger partial charge in [-0.25, -0.2) is 0 Å². The number of hydrogen-bond donors (Lipinski definition) is 0. The summed E-state index contributed by atoms with van der Waals surface area (Å²) in [6.45, 7) is 8.46. The molecule has 0 aromatic rings. The lowest BCUT2D eigenvalue weighted by molar-refractivity contribution is 0.168. The van der Waals surface area contributed by atoms with Gasteiger partial charge in [0.2, 0.25) is 0 Å². The Labute approximate surface area is 70.1 Å². The Morgan fingerprint density at radius 3 is 1.91 bits per heavy atom. The topological polar surface area (TPSA) is 9.23 Å². The van der Waals surface area contributed by atoms with Crippen molar-refractivity contribution in [2.45, 2.75) is 33.6 Å². The molecule has 2 aliphatic rings. The van der Waals surface area contributed by atoms with E-state index < -0.39 is 0 Å². The monoisotopic (exact) mass is 156 g/mol. The molecule has 0 bridgehead atoms. The lowest BCUT2D eigenvalue weighted by Crippen LogP contribution is -2.01. The van der Waals surface area contributed by atoms with Crippen LogP contribution in [-0.2, 0) is 4.74 Å². The van der Waals surface area contributed by atoms with Gasteiger partial charge in [0.25, 0.3) is 0 Å². The Morgan fingerprint density at radius 1 is 1.00 bits per heavy atom. The quantitative estimate of drug-likeness (QED) is 0.524. The van der Waals surface area contributed by atoms with Crippen LogP contribution in [0.3, 0.4) is 0 Å². The van der Waals surface area contributed by atoms with E-state index in [1.165, 1.54) is 12.8 Å². The van der Waals surface area contributed by atoms with E-state index in [0.717, 1.165) is 31.0 Å². The molecule has 1 heterocycles. The Balaban J connectivity index is 0.000000281. The summed E-state index contributed by atoms with van der Waals surface area (Å²) < 4.78 is 5.36. The molecule has 1 heteroatoms. The van der Waals surface area contributed by atoms with Crippen LogP contribution < -0.4 is 0 Å². The molecule has 0 radical (unpaired) electrons. The highest BCUT2D eigenvalue weighted by atomic mass is 16.5. The van der Waals surface area contributed by atoms with E-state index in [0.29, 0.717) is 0 Å². The molecule has 0 aromatic carbocycles. The maximum atomic E-state index is 5.36. The smallest absolute Gasteiger partial charge is 0.0498 e. The van der Waals surface area contributed by atoms with E-state index in [1.807, 2.05) is 13.8 Å². The van der Waals surface area contributed by atoms with Gasteiger partial charge in [0.15, 0.2) is 0 Å². The van der Waals surface area contributed by atoms with Gasteiger partial charge in [0.05, 0.1) is 0 Å². The van der Waals surface area contributed by atoms with Gasteiger partial charge in [-0.3, -0.25) is 0 Å². The second-order valence-electron chi connectivity index (χ2n) is 3.63. The highest BCUT2D eigenvalue weighted by Gasteiger charge is 2.35. The van der Waals surface area contributed by atoms with Gasteiger partial charge in [0, 0.05) is 13.2 Å². The number of rotatable bonds is 0. The molecule has 2 atom stereocenters. The first-order valence-corrected chi connectivity index (χ1v) is 4.94. The van der Waals surface area contributed by atoms with Crippen molar-refractivity contribution in [2.75, 3.05) is 13.2 Å². The van der Waals surface area contributed by atoms with E-state index in [-0.39, 0.29) is 0 Å². The second-order valence-corrected chi connectivity index (χ2v) is 3.63. The van der Waals surface area contributed by atoms with Crippen molar-refractivity contribution in [1.82, 2.24) is 0 Å². The fourth-order valence-corrected chi connectivity index (χ4v) is 2.29. The maximum absolute atomic E-state index is 5.36. The first-order chi connectivity index (χ1) is 5.36. The summed E-state index contributed by atoms with van der Waals surface area (Å²) in [6.07, 6.45) is 2.84. The second kappa shape index (κ2) is 4.10. The van der Waals surface area contributed by atoms with Crippen molar-refractivity contribution in [3.05, 3.63) is 0 Å². The molecule has 1 aliphatic carbocycles. The standard InChI is InChI=1S/C8H14O.C2H6/c1-6-2-7-4-9-5-8(7)3-6;1-2/h6-8H,2-5H2,1H3;1-2H3. The summed E-state index contributed by atoms with van der Waals surface area (Å²) in [4.78, 5) is 0. The SMILES string of the molecule is CC.CC1CC2COCC2C1. The molecular weight excluding hydrogens is 136 g/mol. The zero-order valence-corrected chi connectivity index (χ0v) is 7.97. The summed E-state index contributed by atoms with van der Waals surface area (Å²) in [7, 11) is 0. The fraction of sp³-hybridized carbons (Fsp3) is 1.00. The summed E-state index contributed by atoms with van der Waals surface area (Å²) in [5.41, 5.74) is 0. The summed E-state index contributed by atoms with van der Waals surface area (Å²) in [6, 6.07) is 0. The van der Waals surface area contributed by atoms with Crippen LogP contribution in [0.15, 0.2) is 0 Å². The molecule has 66 valence electrons. The molecule has 1 saturated carbocycles. The average molecular weight is 156 g/mol. The lowest BCUT2D eigenvalue weighted by atomic mass is 10.0. The maximum Gasteiger partial charge on any atom is 0.0498 e. The first kappa shape index (κ1) is 9.05. The highest BCUT2D eigenvalue weighted by Crippen LogP contribution is 2.39. The molecule has 11 heavy (non-hydrogen) atoms. The predicted molar refractivity (Wildman–Crippen MR) is 47.5 cm³/mol. The largest absolute Gasteiger partial charge is 0.381 e. The van der Waals surface area contributed by atoms with E-state index in [1.54, 1.807) is 0 Å². The van der Waals surface area contributed by atoms with Gasteiger partial charge in [-0.05, 0) is 30.6 Å². The van der Waals surface area contributed by atoms with Crippen LogP contribution in [0.2, 0.25) is 0 Å². The van der Waals surface area contributed by atoms with Crippen LogP contribution in [0.5, 0.6) is 0 Å². The van der Waals surface area contributed by atoms with E-state index in [2.05, 4.69) is 6.92 Å². The molecule has 1 nitrogen and oxygen atoms in total. The van der Waals surface area contributed by atoms with Crippen molar-refractivity contribution in [3.8, 4) is 0 Å². The van der Waals surface area contributed by atoms with Crippen LogP contribution in [0.1, 0.15) is 33.6 Å². The molecule has 1 aliphatic heterocycles. The molecule has 0 aromatic heterocycles. The molecule has 1 saturated heterocycles. The minimum absolute atomic E-state index is 0.931. The number of fused-ring (bicyclic) bond motifs is 1. The highest BCUT2D eigenvalue weighted by molar-refractivity contribution is 4.84. The van der Waals surface area contributed by atoms with Gasteiger partial charge in [-0.15, -0.1) is 0 Å². The number of hydrogen-bond acceptors (Lipinski definition) is 1. The van der Waals surface area contributed by atoms with Gasteiger partial charge in [0.1, 0.15) is 0 Å².